The number of aryl methyl sites for hydroxylation is 1. The smallest absolute Gasteiger partial charge is 0.296 e. The maximum atomic E-state index is 12.3. The number of nitrogens with zero attached hydrogens (tertiary/aromatic N) is 6. The van der Waals surface area contributed by atoms with Gasteiger partial charge in [0, 0.05) is 5.69 Å². The molecule has 0 spiro atoms. The second-order valence-corrected chi connectivity index (χ2v) is 12.8. The van der Waals surface area contributed by atoms with Crippen molar-refractivity contribution in [3.05, 3.63) is 52.8 Å². The SMILES string of the molecule is Cc1nc(Cl)nc(Nc2cc(S(=O)(=O)O)c(Nc3nc(Cl)nc(Nc4cccc(S(=O)(=O)O)c4)n3)cc2S(=O)(=O)O)n1. The van der Waals surface area contributed by atoms with Gasteiger partial charge in [0.05, 0.1) is 16.3 Å². The zero-order valence-electron chi connectivity index (χ0n) is 20.4. The van der Waals surface area contributed by atoms with Crippen molar-refractivity contribution < 1.29 is 38.9 Å². The lowest BCUT2D eigenvalue weighted by Crippen LogP contribution is -2.12. The topological polar surface area (TPSA) is 277 Å². The highest BCUT2D eigenvalue weighted by Gasteiger charge is 2.26. The van der Waals surface area contributed by atoms with Gasteiger partial charge in [0.1, 0.15) is 15.6 Å². The third kappa shape index (κ3) is 7.71. The third-order valence-electron chi connectivity index (χ3n) is 4.85. The van der Waals surface area contributed by atoms with Crippen LogP contribution in [0.4, 0.5) is 34.9 Å². The minimum atomic E-state index is -5.09. The van der Waals surface area contributed by atoms with E-state index >= 15 is 0 Å². The van der Waals surface area contributed by atoms with Gasteiger partial charge in [-0.1, -0.05) is 6.07 Å². The van der Waals surface area contributed by atoms with Crippen LogP contribution < -0.4 is 16.0 Å². The molecule has 0 amide bonds. The first-order chi connectivity index (χ1) is 19.4. The van der Waals surface area contributed by atoms with Crippen molar-refractivity contribution in [2.45, 2.75) is 21.6 Å². The minimum absolute atomic E-state index is 0.0784. The van der Waals surface area contributed by atoms with Gasteiger partial charge in [-0.25, -0.2) is 4.98 Å². The van der Waals surface area contributed by atoms with E-state index in [1.165, 1.54) is 19.1 Å². The second-order valence-electron chi connectivity index (χ2n) is 7.90. The lowest BCUT2D eigenvalue weighted by molar-refractivity contribution is 0.479. The quantitative estimate of drug-likeness (QED) is 0.139. The Balaban J connectivity index is 1.78. The van der Waals surface area contributed by atoms with Crippen molar-refractivity contribution >= 4 is 88.5 Å². The van der Waals surface area contributed by atoms with Gasteiger partial charge in [-0.05, 0) is 60.5 Å². The highest BCUT2D eigenvalue weighted by molar-refractivity contribution is 7.86. The Hall–Kier alpha value is -3.83. The van der Waals surface area contributed by atoms with Gasteiger partial charge < -0.3 is 16.0 Å². The first-order valence-electron chi connectivity index (χ1n) is 10.7. The van der Waals surface area contributed by atoms with Crippen molar-refractivity contribution in [3.63, 3.8) is 0 Å². The van der Waals surface area contributed by atoms with Crippen molar-refractivity contribution in [1.82, 2.24) is 29.9 Å². The van der Waals surface area contributed by atoms with Crippen molar-refractivity contribution in [3.8, 4) is 0 Å². The van der Waals surface area contributed by atoms with Crippen molar-refractivity contribution in [1.29, 1.82) is 0 Å². The fraction of sp³-hybridized carbons (Fsp3) is 0.0526. The van der Waals surface area contributed by atoms with E-state index in [-0.39, 0.29) is 28.7 Å². The number of hydrogen-bond donors (Lipinski definition) is 6. The fourth-order valence-corrected chi connectivity index (χ4v) is 5.45. The number of rotatable bonds is 9. The first-order valence-corrected chi connectivity index (χ1v) is 15.8. The average Bonchev–Trinajstić information content (AvgIpc) is 2.82. The molecule has 222 valence electrons. The molecule has 0 aliphatic heterocycles. The second kappa shape index (κ2) is 11.4. The Morgan fingerprint density at radius 1 is 0.619 bits per heavy atom. The molecule has 0 radical (unpaired) electrons. The lowest BCUT2D eigenvalue weighted by Gasteiger charge is -2.15. The number of halogens is 2. The molecule has 0 unspecified atom stereocenters. The molecule has 2 aromatic heterocycles. The van der Waals surface area contributed by atoms with E-state index in [1.54, 1.807) is 0 Å². The number of anilines is 6. The monoisotopic (exact) mass is 679 g/mol. The van der Waals surface area contributed by atoms with Crippen LogP contribution in [0, 0.1) is 6.92 Å². The maximum absolute atomic E-state index is 12.3. The summed E-state index contributed by atoms with van der Waals surface area (Å²) in [6.07, 6.45) is 0. The molecule has 2 aromatic carbocycles. The van der Waals surface area contributed by atoms with Crippen LogP contribution in [0.5, 0.6) is 0 Å². The molecule has 18 nitrogen and oxygen atoms in total. The van der Waals surface area contributed by atoms with E-state index in [0.717, 1.165) is 12.1 Å². The molecule has 0 atom stereocenters. The summed E-state index contributed by atoms with van der Waals surface area (Å²) >= 11 is 11.7. The highest BCUT2D eigenvalue weighted by atomic mass is 35.5. The van der Waals surface area contributed by atoms with Crippen LogP contribution in [0.3, 0.4) is 0 Å². The van der Waals surface area contributed by atoms with E-state index in [9.17, 15) is 38.9 Å². The fourth-order valence-electron chi connectivity index (χ4n) is 3.25. The van der Waals surface area contributed by atoms with Crippen LogP contribution >= 0.6 is 23.2 Å². The van der Waals surface area contributed by atoms with Crippen LogP contribution in [0.25, 0.3) is 0 Å². The summed E-state index contributed by atoms with van der Waals surface area (Å²) in [5.41, 5.74) is -1.14. The molecule has 0 saturated carbocycles. The Bertz CT molecular complexity index is 2030. The molecule has 2 heterocycles. The zero-order chi connectivity index (χ0) is 31.0. The number of nitrogens with one attached hydrogen (secondary N) is 3. The Labute approximate surface area is 246 Å². The molecule has 6 N–H and O–H groups in total. The van der Waals surface area contributed by atoms with Crippen LogP contribution in [0.2, 0.25) is 10.6 Å². The highest BCUT2D eigenvalue weighted by Crippen LogP contribution is 2.34. The van der Waals surface area contributed by atoms with Crippen molar-refractivity contribution in [2.24, 2.45) is 0 Å². The summed E-state index contributed by atoms with van der Waals surface area (Å²) in [4.78, 5) is 20.6. The molecule has 0 aliphatic rings. The molecule has 0 saturated heterocycles. The average molecular weight is 680 g/mol. The predicted molar refractivity (Wildman–Crippen MR) is 147 cm³/mol. The van der Waals surface area contributed by atoms with E-state index in [1.807, 2.05) is 0 Å². The van der Waals surface area contributed by atoms with Crippen molar-refractivity contribution in [2.75, 3.05) is 16.0 Å². The van der Waals surface area contributed by atoms with Crippen LogP contribution in [0.1, 0.15) is 5.82 Å². The van der Waals surface area contributed by atoms with Crippen LogP contribution in [-0.2, 0) is 30.4 Å². The van der Waals surface area contributed by atoms with Crippen LogP contribution in [0.15, 0.2) is 51.1 Å². The largest absolute Gasteiger partial charge is 0.324 e. The van der Waals surface area contributed by atoms with Gasteiger partial charge >= 0.3 is 0 Å². The number of aromatic nitrogens is 6. The van der Waals surface area contributed by atoms with Gasteiger partial charge in [0.25, 0.3) is 30.4 Å². The van der Waals surface area contributed by atoms with Crippen LogP contribution in [-0.4, -0.2) is 68.8 Å². The summed E-state index contributed by atoms with van der Waals surface area (Å²) in [5, 5.41) is 6.63. The molecule has 0 bridgehead atoms. The summed E-state index contributed by atoms with van der Waals surface area (Å²) < 4.78 is 101. The summed E-state index contributed by atoms with van der Waals surface area (Å²) in [6.45, 7) is 1.44. The van der Waals surface area contributed by atoms with Gasteiger partial charge in [-0.2, -0.15) is 50.2 Å². The summed E-state index contributed by atoms with van der Waals surface area (Å²) in [7, 11) is -14.7. The van der Waals surface area contributed by atoms with E-state index in [0.29, 0.717) is 12.1 Å². The summed E-state index contributed by atoms with van der Waals surface area (Å²) in [6, 6.07) is 6.13. The van der Waals surface area contributed by atoms with E-state index in [2.05, 4.69) is 45.9 Å². The van der Waals surface area contributed by atoms with Gasteiger partial charge in [-0.3, -0.25) is 13.7 Å². The Morgan fingerprint density at radius 2 is 1.10 bits per heavy atom. The Morgan fingerprint density at radius 3 is 1.57 bits per heavy atom. The minimum Gasteiger partial charge on any atom is -0.324 e. The molecule has 23 heteroatoms. The molecular formula is C19H15Cl2N9O9S3. The third-order valence-corrected chi connectivity index (χ3v) is 7.82. The molecular weight excluding hydrogens is 665 g/mol. The molecule has 42 heavy (non-hydrogen) atoms. The summed E-state index contributed by atoms with van der Waals surface area (Å²) in [5.74, 6) is -1.01. The predicted octanol–water partition coefficient (Wildman–Crippen LogP) is 2.64. The molecule has 0 aliphatic carbocycles. The van der Waals surface area contributed by atoms with Gasteiger partial charge in [0.2, 0.25) is 28.4 Å². The molecule has 0 fully saturated rings. The van der Waals surface area contributed by atoms with Gasteiger partial charge in [-0.15, -0.1) is 0 Å². The zero-order valence-corrected chi connectivity index (χ0v) is 24.4. The molecule has 4 rings (SSSR count). The molecule has 4 aromatic rings. The first kappa shape index (κ1) is 31.1. The van der Waals surface area contributed by atoms with E-state index < -0.39 is 67.6 Å². The van der Waals surface area contributed by atoms with Gasteiger partial charge in [0.15, 0.2) is 0 Å². The van der Waals surface area contributed by atoms with E-state index in [4.69, 9.17) is 23.2 Å². The maximum Gasteiger partial charge on any atom is 0.296 e. The standard InChI is InChI=1S/C19H15Cl2N9O9S3/c1-8-22-15(20)27-17(23-8)25-11-6-14(42(37,38)39)12(7-13(11)41(34,35)36)26-19-29-16(21)28-18(30-19)24-9-3-2-4-10(5-9)40(31,32)33/h2-7H,1H3,(H,31,32,33)(H,34,35,36)(H,37,38,39)(H,22,23,25,27)(H2,24,26,28,29,30). The normalized spacial score (nSPS) is 12.1. The number of hydrogen-bond acceptors (Lipinski definition) is 15. The lowest BCUT2D eigenvalue weighted by atomic mass is 10.2. The Kier molecular flexibility index (Phi) is 8.48. The number of benzene rings is 2.